The van der Waals surface area contributed by atoms with E-state index in [1.54, 1.807) is 17.0 Å². The van der Waals surface area contributed by atoms with Gasteiger partial charge in [-0.15, -0.1) is 0 Å². The number of carbonyl (C=O) groups is 1. The topological polar surface area (TPSA) is 29.5 Å². The van der Waals surface area contributed by atoms with Gasteiger partial charge in [-0.3, -0.25) is 4.79 Å². The van der Waals surface area contributed by atoms with E-state index in [-0.39, 0.29) is 5.91 Å². The van der Waals surface area contributed by atoms with Crippen LogP contribution < -0.4 is 9.64 Å². The zero-order valence-corrected chi connectivity index (χ0v) is 11.6. The van der Waals surface area contributed by atoms with Crippen LogP contribution in [0.4, 0.5) is 5.69 Å². The molecule has 1 fully saturated rings. The fourth-order valence-electron chi connectivity index (χ4n) is 2.28. The Kier molecular flexibility index (Phi) is 3.61. The maximum atomic E-state index is 11.7. The summed E-state index contributed by atoms with van der Waals surface area (Å²) in [6.45, 7) is 0.758. The Morgan fingerprint density at radius 3 is 2.55 bits per heavy atom. The highest BCUT2D eigenvalue weighted by molar-refractivity contribution is 6.32. The lowest BCUT2D eigenvalue weighted by Crippen LogP contribution is -2.23. The summed E-state index contributed by atoms with van der Waals surface area (Å²) in [5, 5.41) is 0.506. The third-order valence-electron chi connectivity index (χ3n) is 3.27. The molecule has 2 aromatic carbocycles. The summed E-state index contributed by atoms with van der Waals surface area (Å²) < 4.78 is 5.72. The number of anilines is 1. The normalized spacial score (nSPS) is 14.7. The van der Waals surface area contributed by atoms with Crippen molar-refractivity contribution in [1.29, 1.82) is 0 Å². The first kappa shape index (κ1) is 13.0. The predicted molar refractivity (Wildman–Crippen MR) is 79.6 cm³/mol. The van der Waals surface area contributed by atoms with Crippen molar-refractivity contribution in [2.75, 3.05) is 11.4 Å². The molecule has 0 saturated carbocycles. The first-order valence-electron chi connectivity index (χ1n) is 6.57. The smallest absolute Gasteiger partial charge is 0.227 e. The van der Waals surface area contributed by atoms with Gasteiger partial charge >= 0.3 is 0 Å². The maximum Gasteiger partial charge on any atom is 0.227 e. The van der Waals surface area contributed by atoms with Gasteiger partial charge in [0.15, 0.2) is 0 Å². The van der Waals surface area contributed by atoms with Crippen LogP contribution in [0.25, 0.3) is 0 Å². The first-order chi connectivity index (χ1) is 9.74. The number of hydrogen-bond acceptors (Lipinski definition) is 2. The number of rotatable bonds is 3. The molecule has 0 radical (unpaired) electrons. The van der Waals surface area contributed by atoms with Crippen molar-refractivity contribution in [2.45, 2.75) is 12.8 Å². The Labute approximate surface area is 122 Å². The molecule has 102 valence electrons. The summed E-state index contributed by atoms with van der Waals surface area (Å²) in [7, 11) is 0. The van der Waals surface area contributed by atoms with E-state index in [4.69, 9.17) is 16.3 Å². The average molecular weight is 288 g/mol. The number of benzene rings is 2. The molecule has 0 bridgehead atoms. The molecule has 0 spiro atoms. The quantitative estimate of drug-likeness (QED) is 0.844. The molecule has 20 heavy (non-hydrogen) atoms. The number of amides is 1. The molecule has 1 amide bonds. The molecule has 0 unspecified atom stereocenters. The van der Waals surface area contributed by atoms with E-state index in [0.29, 0.717) is 17.2 Å². The van der Waals surface area contributed by atoms with Crippen LogP contribution >= 0.6 is 11.6 Å². The van der Waals surface area contributed by atoms with E-state index >= 15 is 0 Å². The first-order valence-corrected chi connectivity index (χ1v) is 6.95. The van der Waals surface area contributed by atoms with E-state index < -0.39 is 0 Å². The van der Waals surface area contributed by atoms with Crippen molar-refractivity contribution in [2.24, 2.45) is 0 Å². The van der Waals surface area contributed by atoms with Crippen LogP contribution in [0.5, 0.6) is 11.5 Å². The van der Waals surface area contributed by atoms with Crippen LogP contribution in [-0.4, -0.2) is 12.5 Å². The molecule has 0 atom stereocenters. The molecule has 3 nitrogen and oxygen atoms in total. The Balaban J connectivity index is 1.82. The van der Waals surface area contributed by atoms with Gasteiger partial charge in [0.1, 0.15) is 11.5 Å². The van der Waals surface area contributed by atoms with Crippen molar-refractivity contribution in [1.82, 2.24) is 0 Å². The fraction of sp³-hybridized carbons (Fsp3) is 0.188. The van der Waals surface area contributed by atoms with Crippen molar-refractivity contribution in [3.63, 3.8) is 0 Å². The highest BCUT2D eigenvalue weighted by Crippen LogP contribution is 2.33. The highest BCUT2D eigenvalue weighted by atomic mass is 35.5. The largest absolute Gasteiger partial charge is 0.456 e. The molecular weight excluding hydrogens is 274 g/mol. The van der Waals surface area contributed by atoms with Crippen LogP contribution in [0.3, 0.4) is 0 Å². The van der Waals surface area contributed by atoms with Crippen LogP contribution in [0.2, 0.25) is 5.02 Å². The third kappa shape index (κ3) is 2.63. The minimum absolute atomic E-state index is 0.151. The minimum atomic E-state index is 0.151. The van der Waals surface area contributed by atoms with Crippen LogP contribution in [0, 0.1) is 0 Å². The molecular formula is C16H14ClNO2. The zero-order valence-electron chi connectivity index (χ0n) is 10.9. The number of para-hydroxylation sites is 1. The SMILES string of the molecule is O=C1CCCN1c1ccc(Oc2ccccc2)c(Cl)c1. The Hall–Kier alpha value is -2.00. The van der Waals surface area contributed by atoms with Crippen LogP contribution in [0.15, 0.2) is 48.5 Å². The summed E-state index contributed by atoms with van der Waals surface area (Å²) in [6.07, 6.45) is 1.51. The van der Waals surface area contributed by atoms with E-state index in [1.807, 2.05) is 36.4 Å². The second kappa shape index (κ2) is 5.55. The molecule has 4 heteroatoms. The van der Waals surface area contributed by atoms with E-state index in [9.17, 15) is 4.79 Å². The molecule has 1 heterocycles. The van der Waals surface area contributed by atoms with Crippen molar-refractivity contribution >= 4 is 23.2 Å². The van der Waals surface area contributed by atoms with E-state index in [2.05, 4.69) is 0 Å². The lowest BCUT2D eigenvalue weighted by atomic mass is 10.2. The predicted octanol–water partition coefficient (Wildman–Crippen LogP) is 4.26. The molecule has 0 aliphatic carbocycles. The van der Waals surface area contributed by atoms with Gasteiger partial charge in [-0.05, 0) is 36.8 Å². The molecule has 2 aromatic rings. The van der Waals surface area contributed by atoms with Gasteiger partial charge < -0.3 is 9.64 Å². The van der Waals surface area contributed by atoms with Crippen LogP contribution in [0.1, 0.15) is 12.8 Å². The van der Waals surface area contributed by atoms with Gasteiger partial charge in [-0.2, -0.15) is 0 Å². The van der Waals surface area contributed by atoms with Gasteiger partial charge in [-0.1, -0.05) is 29.8 Å². The zero-order chi connectivity index (χ0) is 13.9. The van der Waals surface area contributed by atoms with Crippen molar-refractivity contribution in [3.8, 4) is 11.5 Å². The van der Waals surface area contributed by atoms with E-state index in [0.717, 1.165) is 24.4 Å². The second-order valence-electron chi connectivity index (χ2n) is 4.68. The molecule has 1 aliphatic rings. The minimum Gasteiger partial charge on any atom is -0.456 e. The number of halogens is 1. The number of ether oxygens (including phenoxy) is 1. The standard InChI is InChI=1S/C16H14ClNO2/c17-14-11-12(18-10-4-7-16(18)19)8-9-15(14)20-13-5-2-1-3-6-13/h1-3,5-6,8-9,11H,4,7,10H2. The molecule has 1 saturated heterocycles. The summed E-state index contributed by atoms with van der Waals surface area (Å²) in [6, 6.07) is 14.9. The highest BCUT2D eigenvalue weighted by Gasteiger charge is 2.22. The summed E-state index contributed by atoms with van der Waals surface area (Å²) in [5.41, 5.74) is 0.831. The summed E-state index contributed by atoms with van der Waals surface area (Å²) in [4.78, 5) is 13.5. The average Bonchev–Trinajstić information content (AvgIpc) is 2.88. The lowest BCUT2D eigenvalue weighted by molar-refractivity contribution is -0.117. The number of nitrogens with zero attached hydrogens (tertiary/aromatic N) is 1. The Morgan fingerprint density at radius 1 is 1.10 bits per heavy atom. The van der Waals surface area contributed by atoms with Gasteiger partial charge in [0.05, 0.1) is 5.02 Å². The summed E-state index contributed by atoms with van der Waals surface area (Å²) in [5.74, 6) is 1.48. The Bertz CT molecular complexity index is 628. The second-order valence-corrected chi connectivity index (χ2v) is 5.09. The molecule has 3 rings (SSSR count). The maximum absolute atomic E-state index is 11.7. The molecule has 0 N–H and O–H groups in total. The monoisotopic (exact) mass is 287 g/mol. The van der Waals surface area contributed by atoms with Gasteiger partial charge in [0.2, 0.25) is 5.91 Å². The fourth-order valence-corrected chi connectivity index (χ4v) is 2.49. The molecule has 0 aromatic heterocycles. The number of hydrogen-bond donors (Lipinski definition) is 0. The third-order valence-corrected chi connectivity index (χ3v) is 3.57. The van der Waals surface area contributed by atoms with E-state index in [1.165, 1.54) is 0 Å². The van der Waals surface area contributed by atoms with Gasteiger partial charge in [0, 0.05) is 18.7 Å². The van der Waals surface area contributed by atoms with Gasteiger partial charge in [-0.25, -0.2) is 0 Å². The van der Waals surface area contributed by atoms with Crippen molar-refractivity contribution in [3.05, 3.63) is 53.6 Å². The van der Waals surface area contributed by atoms with Gasteiger partial charge in [0.25, 0.3) is 0 Å². The summed E-state index contributed by atoms with van der Waals surface area (Å²) >= 11 is 6.24. The molecule has 1 aliphatic heterocycles. The van der Waals surface area contributed by atoms with Crippen molar-refractivity contribution < 1.29 is 9.53 Å². The Morgan fingerprint density at radius 2 is 1.90 bits per heavy atom. The number of carbonyl (C=O) groups excluding carboxylic acids is 1. The van der Waals surface area contributed by atoms with Crippen LogP contribution in [-0.2, 0) is 4.79 Å². The lowest BCUT2D eigenvalue weighted by Gasteiger charge is -2.17.